The Labute approximate surface area is 256 Å². The average Bonchev–Trinajstić information content (AvgIpc) is 3.36. The summed E-state index contributed by atoms with van der Waals surface area (Å²) >= 11 is 1.91. The summed E-state index contributed by atoms with van der Waals surface area (Å²) < 4.78 is 9.99. The third kappa shape index (κ3) is 6.63. The molecular weight excluding hydrogens is 544 g/mol. The van der Waals surface area contributed by atoms with E-state index in [0.29, 0.717) is 29.7 Å². The first kappa shape index (κ1) is 31.2. The highest BCUT2D eigenvalue weighted by atomic mass is 32.2. The molecule has 4 unspecified atom stereocenters. The summed E-state index contributed by atoms with van der Waals surface area (Å²) in [6.07, 6.45) is 16.2. The van der Waals surface area contributed by atoms with E-state index in [0.717, 1.165) is 57.1 Å². The summed E-state index contributed by atoms with van der Waals surface area (Å²) in [4.78, 5) is 13.1. The maximum atomic E-state index is 11.8. The molecule has 230 valence electrons. The number of carbonyl (C=O) groups is 1. The number of fused-ring (bicyclic) bond motifs is 2. The Kier molecular flexibility index (Phi) is 9.22. The quantitative estimate of drug-likeness (QED) is 0.277. The highest BCUT2D eigenvalue weighted by Crippen LogP contribution is 2.47. The monoisotopic (exact) mass is 594 g/mol. The van der Waals surface area contributed by atoms with Gasteiger partial charge in [-0.3, -0.25) is 4.79 Å². The summed E-state index contributed by atoms with van der Waals surface area (Å²) in [5.41, 5.74) is 8.23. The molecule has 0 saturated heterocycles. The number of aryl methyl sites for hydroxylation is 1. The molecule has 0 radical (unpaired) electrons. The van der Waals surface area contributed by atoms with Gasteiger partial charge >= 0.3 is 5.97 Å². The van der Waals surface area contributed by atoms with Gasteiger partial charge in [-0.05, 0) is 99.2 Å². The molecule has 0 fully saturated rings. The van der Waals surface area contributed by atoms with Crippen molar-refractivity contribution < 1.29 is 19.7 Å². The topological polar surface area (TPSA) is 76.6 Å². The number of hydrogen-bond donors (Lipinski definition) is 2. The number of hydrogen-bond acceptors (Lipinski definition) is 4. The van der Waals surface area contributed by atoms with Crippen molar-refractivity contribution in [2.75, 3.05) is 6.61 Å². The summed E-state index contributed by atoms with van der Waals surface area (Å²) in [5.74, 6) is -0.347. The van der Waals surface area contributed by atoms with Gasteiger partial charge in [0.25, 0.3) is 0 Å². The normalized spacial score (nSPS) is 25.3. The van der Waals surface area contributed by atoms with Gasteiger partial charge in [0.05, 0.1) is 6.54 Å². The van der Waals surface area contributed by atoms with Crippen molar-refractivity contribution in [1.82, 2.24) is 9.13 Å². The third-order valence-corrected chi connectivity index (χ3v) is 11.6. The molecule has 0 aromatic carbocycles. The zero-order valence-electron chi connectivity index (χ0n) is 26.4. The maximum absolute atomic E-state index is 11.8. The van der Waals surface area contributed by atoms with E-state index < -0.39 is 12.3 Å². The van der Waals surface area contributed by atoms with Gasteiger partial charge in [0.2, 0.25) is 0 Å². The molecule has 42 heavy (non-hydrogen) atoms. The smallest absolute Gasteiger partial charge is 0.323 e. The number of allylic oxidation sites excluding steroid dienone is 3. The lowest BCUT2D eigenvalue weighted by molar-refractivity contribution is -0.137. The number of thioether (sulfide) groups is 1. The number of aromatic nitrogens is 2. The van der Waals surface area contributed by atoms with E-state index >= 15 is 0 Å². The lowest BCUT2D eigenvalue weighted by atomic mass is 9.71. The number of aliphatic hydroxyl groups excluding tert-OH is 1. The van der Waals surface area contributed by atoms with Crippen molar-refractivity contribution in [2.24, 2.45) is 16.7 Å². The van der Waals surface area contributed by atoms with Gasteiger partial charge in [0, 0.05) is 39.5 Å². The summed E-state index contributed by atoms with van der Waals surface area (Å²) in [6, 6.07) is 2.41. The molecule has 6 nitrogen and oxygen atoms in total. The molecule has 3 aliphatic rings. The Hall–Kier alpha value is -2.22. The number of carboxylic acid groups (broad SMARTS) is 1. The van der Waals surface area contributed by atoms with E-state index in [1.165, 1.54) is 33.1 Å². The van der Waals surface area contributed by atoms with Crippen molar-refractivity contribution in [3.05, 3.63) is 64.3 Å². The van der Waals surface area contributed by atoms with Crippen LogP contribution in [0.25, 0.3) is 0 Å². The van der Waals surface area contributed by atoms with Crippen LogP contribution in [0.4, 0.5) is 0 Å². The molecule has 2 aromatic rings. The fourth-order valence-electron chi connectivity index (χ4n) is 7.42. The fraction of sp³-hybridized carbons (Fsp3) is 0.629. The molecule has 3 aliphatic carbocycles. The second kappa shape index (κ2) is 12.4. The predicted octanol–water partition coefficient (Wildman–Crippen LogP) is 6.90. The van der Waals surface area contributed by atoms with Gasteiger partial charge in [-0.25, -0.2) is 0 Å². The van der Waals surface area contributed by atoms with Crippen molar-refractivity contribution in [1.29, 1.82) is 0 Å². The summed E-state index contributed by atoms with van der Waals surface area (Å²) in [7, 11) is 0. The minimum Gasteiger partial charge on any atom is -0.480 e. The molecule has 0 amide bonds. The molecule has 0 spiro atoms. The third-order valence-electron chi connectivity index (χ3n) is 9.92. The molecule has 0 bridgehead atoms. The van der Waals surface area contributed by atoms with Crippen molar-refractivity contribution in [2.45, 2.75) is 122 Å². The van der Waals surface area contributed by atoms with Crippen LogP contribution in [0.1, 0.15) is 87.8 Å². The first-order valence-corrected chi connectivity index (χ1v) is 16.7. The lowest BCUT2D eigenvalue weighted by Crippen LogP contribution is -2.29. The predicted molar refractivity (Wildman–Crippen MR) is 170 cm³/mol. The second-order valence-corrected chi connectivity index (χ2v) is 15.2. The zero-order valence-corrected chi connectivity index (χ0v) is 27.2. The van der Waals surface area contributed by atoms with E-state index in [-0.39, 0.29) is 12.0 Å². The van der Waals surface area contributed by atoms with Crippen LogP contribution in [-0.2, 0) is 54.7 Å². The van der Waals surface area contributed by atoms with Crippen LogP contribution < -0.4 is 0 Å². The number of rotatable bonds is 11. The van der Waals surface area contributed by atoms with Crippen LogP contribution in [0.2, 0.25) is 0 Å². The standard InChI is InChI=1S/C35H50N2O4S/c1-7-41-32(40)22-37-26(18-25-19-34(4,5)15-13-28(25)37)12-16-35(6)17-14-29-27(20-35)33(24(3)36(29)21-31(38)39)42-30-11-9-8-10-23(30)2/h8-11,18,23,30,32,40H,7,12-17,19-22H2,1-6H3,(H,38,39). The molecule has 2 heterocycles. The summed E-state index contributed by atoms with van der Waals surface area (Å²) in [6.45, 7) is 14.4. The molecule has 0 saturated carbocycles. The first-order chi connectivity index (χ1) is 19.9. The lowest BCUT2D eigenvalue weighted by Gasteiger charge is -2.35. The van der Waals surface area contributed by atoms with Crippen LogP contribution in [0.5, 0.6) is 0 Å². The van der Waals surface area contributed by atoms with E-state index in [1.54, 1.807) is 0 Å². The highest BCUT2D eigenvalue weighted by molar-refractivity contribution is 8.00. The average molecular weight is 595 g/mol. The van der Waals surface area contributed by atoms with Gasteiger partial charge < -0.3 is 24.1 Å². The molecule has 4 atom stereocenters. The van der Waals surface area contributed by atoms with Crippen molar-refractivity contribution in [3.8, 4) is 0 Å². The van der Waals surface area contributed by atoms with Gasteiger partial charge in [-0.1, -0.05) is 52.0 Å². The maximum Gasteiger partial charge on any atom is 0.323 e. The van der Waals surface area contributed by atoms with Crippen LogP contribution in [0.15, 0.2) is 35.3 Å². The number of ether oxygens (including phenoxy) is 1. The SMILES string of the molecule is CCOC(O)Cn1c(CCC2(C)CCc3c(c(SC4C=CC=CC4C)c(C)n3CC(=O)O)C2)cc2c1CCC(C)(C)C2. The fourth-order valence-corrected chi connectivity index (χ4v) is 8.78. The Bertz CT molecular complexity index is 1370. The Balaban J connectivity index is 1.41. The largest absolute Gasteiger partial charge is 0.480 e. The number of aliphatic carboxylic acids is 1. The van der Waals surface area contributed by atoms with Crippen molar-refractivity contribution in [3.63, 3.8) is 0 Å². The molecule has 7 heteroatoms. The minimum absolute atomic E-state index is 0.0268. The van der Waals surface area contributed by atoms with Gasteiger partial charge in [0.15, 0.2) is 6.29 Å². The van der Waals surface area contributed by atoms with Crippen LogP contribution >= 0.6 is 11.8 Å². The van der Waals surface area contributed by atoms with E-state index in [1.807, 2.05) is 18.7 Å². The van der Waals surface area contributed by atoms with Crippen LogP contribution in [0.3, 0.4) is 0 Å². The molecule has 0 aliphatic heterocycles. The first-order valence-electron chi connectivity index (χ1n) is 15.8. The van der Waals surface area contributed by atoms with Gasteiger partial charge in [-0.15, -0.1) is 11.8 Å². The minimum atomic E-state index is -0.796. The van der Waals surface area contributed by atoms with E-state index in [9.17, 15) is 15.0 Å². The number of nitrogens with zero attached hydrogens (tertiary/aromatic N) is 2. The van der Waals surface area contributed by atoms with E-state index in [2.05, 4.69) is 74.1 Å². The number of aliphatic hydroxyl groups is 1. The van der Waals surface area contributed by atoms with Crippen LogP contribution in [-0.4, -0.2) is 43.5 Å². The highest BCUT2D eigenvalue weighted by Gasteiger charge is 2.37. The zero-order chi connectivity index (χ0) is 30.2. The van der Waals surface area contributed by atoms with Crippen molar-refractivity contribution >= 4 is 17.7 Å². The van der Waals surface area contributed by atoms with Gasteiger partial charge in [-0.2, -0.15) is 0 Å². The van der Waals surface area contributed by atoms with Gasteiger partial charge in [0.1, 0.15) is 6.54 Å². The number of carboxylic acids is 1. The van der Waals surface area contributed by atoms with E-state index in [4.69, 9.17) is 4.74 Å². The summed E-state index contributed by atoms with van der Waals surface area (Å²) in [5, 5.41) is 20.7. The Morgan fingerprint density at radius 2 is 1.86 bits per heavy atom. The molecule has 2 N–H and O–H groups in total. The molecular formula is C35H50N2O4S. The Morgan fingerprint density at radius 3 is 2.57 bits per heavy atom. The molecule has 5 rings (SSSR count). The van der Waals surface area contributed by atoms with Crippen LogP contribution in [0, 0.1) is 23.7 Å². The Morgan fingerprint density at radius 1 is 1.12 bits per heavy atom. The molecule has 2 aromatic heterocycles. The second-order valence-electron chi connectivity index (χ2n) is 14.0.